The van der Waals surface area contributed by atoms with E-state index in [-0.39, 0.29) is 10.6 Å². The lowest BCUT2D eigenvalue weighted by Gasteiger charge is -2.18. The molecule has 0 saturated carbocycles. The Hall–Kier alpha value is -12.2. The molecular formula is C94H61Cl3N5O2P. The van der Waals surface area contributed by atoms with Crippen LogP contribution in [0, 0.1) is 10.1 Å². The largest absolute Gasteiger partial charge is 0.354 e. The van der Waals surface area contributed by atoms with E-state index in [9.17, 15) is 10.1 Å². The Morgan fingerprint density at radius 1 is 0.314 bits per heavy atom. The second-order valence-corrected chi connectivity index (χ2v) is 29.3. The molecule has 4 heterocycles. The molecular weight excluding hydrogens is 1370 g/mol. The van der Waals surface area contributed by atoms with Gasteiger partial charge in [0.1, 0.15) is 0 Å². The molecule has 0 atom stereocenters. The highest BCUT2D eigenvalue weighted by Gasteiger charge is 2.25. The van der Waals surface area contributed by atoms with E-state index >= 15 is 0 Å². The van der Waals surface area contributed by atoms with Crippen molar-refractivity contribution in [2.75, 3.05) is 0 Å². The average molecular weight is 1430 g/mol. The number of pyridine rings is 3. The summed E-state index contributed by atoms with van der Waals surface area (Å²) in [5, 5.41) is 30.3. The molecule has 0 unspecified atom stereocenters. The monoisotopic (exact) mass is 1430 g/mol. The maximum atomic E-state index is 11.5. The SMILES string of the molecule is Clc1ccc2[nH]c3cc4c(cc3c2c1)nc(-c1ccccc1)c1ccccc14.Clc1ccc2c(c1)-c1ccc3c(nc(-c4ccccc4)c4ccccc43)c1C2.O=[N+]([O-])c1ccc(Cl)cc1-c1ccc2c(c1)nc(-c1ccccc1)c1ccccc12.c1ccc(P(c2ccccc2)c2ccccc2)cc1. The van der Waals surface area contributed by atoms with Crippen molar-refractivity contribution in [3.05, 3.63) is 388 Å². The second-order valence-electron chi connectivity index (χ2n) is 25.8. The fourth-order valence-electron chi connectivity index (χ4n) is 14.6. The number of nitro groups is 1. The molecule has 500 valence electrons. The van der Waals surface area contributed by atoms with E-state index in [1.807, 2.05) is 97.1 Å². The van der Waals surface area contributed by atoms with Crippen LogP contribution in [0.3, 0.4) is 0 Å². The summed E-state index contributed by atoms with van der Waals surface area (Å²) in [6.45, 7) is 0. The van der Waals surface area contributed by atoms with Gasteiger partial charge in [-0.2, -0.15) is 0 Å². The van der Waals surface area contributed by atoms with E-state index < -0.39 is 7.92 Å². The molecule has 0 radical (unpaired) electrons. The molecule has 1 aliphatic carbocycles. The van der Waals surface area contributed by atoms with E-state index in [4.69, 9.17) is 49.8 Å². The van der Waals surface area contributed by atoms with Crippen molar-refractivity contribution in [3.63, 3.8) is 0 Å². The predicted octanol–water partition coefficient (Wildman–Crippen LogP) is 25.4. The van der Waals surface area contributed by atoms with Gasteiger partial charge in [0.2, 0.25) is 0 Å². The third-order valence-corrected chi connectivity index (χ3v) is 22.6. The third kappa shape index (κ3) is 13.1. The molecule has 0 bridgehead atoms. The van der Waals surface area contributed by atoms with Crippen molar-refractivity contribution < 1.29 is 4.92 Å². The molecule has 11 heteroatoms. The zero-order valence-corrected chi connectivity index (χ0v) is 59.5. The third-order valence-electron chi connectivity index (χ3n) is 19.4. The van der Waals surface area contributed by atoms with Crippen LogP contribution in [0.15, 0.2) is 352 Å². The smallest absolute Gasteiger partial charge is 0.277 e. The van der Waals surface area contributed by atoms with Crippen molar-refractivity contribution in [2.45, 2.75) is 6.42 Å². The molecule has 19 aromatic rings. The molecule has 1 N–H and O–H groups in total. The number of nitrogens with one attached hydrogen (secondary N) is 1. The van der Waals surface area contributed by atoms with Crippen molar-refractivity contribution in [1.29, 1.82) is 0 Å². The minimum Gasteiger partial charge on any atom is -0.354 e. The summed E-state index contributed by atoms with van der Waals surface area (Å²) < 4.78 is 0. The molecule has 0 amide bonds. The lowest BCUT2D eigenvalue weighted by molar-refractivity contribution is -0.384. The normalized spacial score (nSPS) is 11.5. The van der Waals surface area contributed by atoms with Crippen LogP contribution in [0.4, 0.5) is 5.69 Å². The number of fused-ring (bicyclic) bond motifs is 16. The van der Waals surface area contributed by atoms with Gasteiger partial charge >= 0.3 is 0 Å². The van der Waals surface area contributed by atoms with Gasteiger partial charge in [0.25, 0.3) is 5.69 Å². The highest BCUT2D eigenvalue weighted by atomic mass is 35.5. The average Bonchev–Trinajstić information content (AvgIpc) is 1.70. The summed E-state index contributed by atoms with van der Waals surface area (Å²) in [5.41, 5.74) is 17.6. The first-order valence-electron chi connectivity index (χ1n) is 34.6. The first-order chi connectivity index (χ1) is 51.6. The molecule has 15 aromatic carbocycles. The fraction of sp³-hybridized carbons (Fsp3) is 0.0106. The van der Waals surface area contributed by atoms with Gasteiger partial charge < -0.3 is 4.98 Å². The van der Waals surface area contributed by atoms with Gasteiger partial charge in [-0.05, 0) is 128 Å². The Balaban J connectivity index is 0.000000105. The van der Waals surface area contributed by atoms with E-state index in [1.54, 1.807) is 6.07 Å². The van der Waals surface area contributed by atoms with Crippen molar-refractivity contribution >= 4 is 151 Å². The van der Waals surface area contributed by atoms with Crippen LogP contribution in [-0.4, -0.2) is 24.9 Å². The molecule has 20 rings (SSSR count). The number of aromatic nitrogens is 4. The number of benzene rings is 15. The predicted molar refractivity (Wildman–Crippen MR) is 444 cm³/mol. The van der Waals surface area contributed by atoms with Gasteiger partial charge in [0, 0.05) is 98.4 Å². The van der Waals surface area contributed by atoms with E-state index in [2.05, 4.69) is 242 Å². The van der Waals surface area contributed by atoms with Gasteiger partial charge in [0.15, 0.2) is 0 Å². The zero-order chi connectivity index (χ0) is 70.9. The second kappa shape index (κ2) is 28.9. The van der Waals surface area contributed by atoms with Crippen LogP contribution in [0.2, 0.25) is 15.1 Å². The molecule has 0 saturated heterocycles. The van der Waals surface area contributed by atoms with Crippen LogP contribution >= 0.6 is 42.7 Å². The fourth-order valence-corrected chi connectivity index (χ4v) is 17.4. The summed E-state index contributed by atoms with van der Waals surface area (Å²) in [6.07, 6.45) is 0.902. The topological polar surface area (TPSA) is 97.6 Å². The Bertz CT molecular complexity index is 6420. The highest BCUT2D eigenvalue weighted by molar-refractivity contribution is 7.79. The number of hydrogen-bond acceptors (Lipinski definition) is 5. The zero-order valence-electron chi connectivity index (χ0n) is 56.4. The van der Waals surface area contributed by atoms with E-state index in [0.717, 1.165) is 110 Å². The van der Waals surface area contributed by atoms with Crippen LogP contribution in [0.1, 0.15) is 11.1 Å². The minimum absolute atomic E-state index is 0.0165. The summed E-state index contributed by atoms with van der Waals surface area (Å²) >= 11 is 18.7. The minimum atomic E-state index is -0.446. The van der Waals surface area contributed by atoms with Crippen molar-refractivity contribution in [2.24, 2.45) is 0 Å². The molecule has 1 aliphatic rings. The number of nitro benzene ring substituents is 1. The van der Waals surface area contributed by atoms with Gasteiger partial charge in [-0.1, -0.05) is 320 Å². The standard InChI is InChI=1S/C26H16ClN.C25H15ClN2O2.C25H15ClN2.C18H15P/c27-18-11-10-17-14-24-20(23(17)15-18)12-13-22-19-8-4-5-9-21(19)25(28-26(22)24)16-6-2-1-3-7-16;26-18-11-13-24(28(29)30)22(15-18)17-10-12-20-19-8-4-5-9-21(19)25(27-23(20)14-17)16-6-2-1-3-7-16;26-16-10-11-22-19(12-16)21-14-24-20(13-23(21)27-22)17-8-4-5-9-18(17)25(28-24)15-6-2-1-3-7-15;1-4-10-16(11-5-1)19(17-12-6-2-7-13-17)18-14-8-3-9-15-18/h1-13,15H,14H2;1-15H;1-14,27H;1-15H. The quantitative estimate of drug-likeness (QED) is 0.0707. The number of rotatable bonds is 8. The molecule has 0 spiro atoms. The number of aromatic amines is 1. The number of H-pyrrole nitrogens is 1. The van der Waals surface area contributed by atoms with Crippen molar-refractivity contribution in [3.8, 4) is 56.0 Å². The maximum Gasteiger partial charge on any atom is 0.277 e. The Kier molecular flexibility index (Phi) is 18.2. The van der Waals surface area contributed by atoms with Gasteiger partial charge in [-0.3, -0.25) is 10.1 Å². The first kappa shape index (κ1) is 66.1. The summed E-state index contributed by atoms with van der Waals surface area (Å²) in [6, 6.07) is 120. The van der Waals surface area contributed by atoms with E-state index in [0.29, 0.717) is 16.1 Å². The maximum absolute atomic E-state index is 11.5. The summed E-state index contributed by atoms with van der Waals surface area (Å²) in [4.78, 5) is 29.9. The van der Waals surface area contributed by atoms with Crippen LogP contribution < -0.4 is 15.9 Å². The molecule has 105 heavy (non-hydrogen) atoms. The first-order valence-corrected chi connectivity index (χ1v) is 37.1. The number of halogens is 3. The molecule has 4 aromatic heterocycles. The number of hydrogen-bond donors (Lipinski definition) is 1. The molecule has 7 nitrogen and oxygen atoms in total. The van der Waals surface area contributed by atoms with E-state index in [1.165, 1.54) is 77.2 Å². The summed E-state index contributed by atoms with van der Waals surface area (Å²) in [7, 11) is -0.446. The van der Waals surface area contributed by atoms with Gasteiger partial charge in [-0.25, -0.2) is 15.0 Å². The lowest BCUT2D eigenvalue weighted by Crippen LogP contribution is -2.20. The van der Waals surface area contributed by atoms with Gasteiger partial charge in [-0.15, -0.1) is 0 Å². The Morgan fingerprint density at radius 3 is 1.27 bits per heavy atom. The summed E-state index contributed by atoms with van der Waals surface area (Å²) in [5.74, 6) is 0. The highest BCUT2D eigenvalue weighted by Crippen LogP contribution is 2.45. The lowest BCUT2D eigenvalue weighted by atomic mass is 9.96. The van der Waals surface area contributed by atoms with Crippen LogP contribution in [0.25, 0.3) is 143 Å². The number of nitrogens with zero attached hydrogens (tertiary/aromatic N) is 4. The van der Waals surface area contributed by atoms with Gasteiger partial charge in [0.05, 0.1) is 44.1 Å². The Labute approximate surface area is 622 Å². The van der Waals surface area contributed by atoms with Crippen LogP contribution in [-0.2, 0) is 6.42 Å². The van der Waals surface area contributed by atoms with Crippen LogP contribution in [0.5, 0.6) is 0 Å². The Morgan fingerprint density at radius 2 is 0.733 bits per heavy atom. The molecule has 0 aliphatic heterocycles. The molecule has 0 fully saturated rings. The van der Waals surface area contributed by atoms with Crippen molar-refractivity contribution in [1.82, 2.24) is 19.9 Å².